The van der Waals surface area contributed by atoms with E-state index in [1.807, 2.05) is 20.8 Å². The minimum atomic E-state index is -0.372. The highest BCUT2D eigenvalue weighted by molar-refractivity contribution is 5.70. The second kappa shape index (κ2) is 9.37. The summed E-state index contributed by atoms with van der Waals surface area (Å²) in [5, 5.41) is 3.38. The van der Waals surface area contributed by atoms with Gasteiger partial charge in [-0.25, -0.2) is 0 Å². The molecule has 108 valence electrons. The summed E-state index contributed by atoms with van der Waals surface area (Å²) in [5.74, 6) is -0.117. The lowest BCUT2D eigenvalue weighted by Crippen LogP contribution is -2.30. The van der Waals surface area contributed by atoms with Crippen LogP contribution < -0.4 is 5.32 Å². The minimum absolute atomic E-state index is 0.117. The van der Waals surface area contributed by atoms with Crippen molar-refractivity contribution >= 4 is 5.97 Å². The highest BCUT2D eigenvalue weighted by atomic mass is 16.6. The summed E-state index contributed by atoms with van der Waals surface area (Å²) in [6.45, 7) is 10.8. The van der Waals surface area contributed by atoms with Crippen molar-refractivity contribution < 1.29 is 9.53 Å². The van der Waals surface area contributed by atoms with Crippen molar-refractivity contribution in [1.29, 1.82) is 0 Å². The first-order chi connectivity index (χ1) is 8.35. The Morgan fingerprint density at radius 2 is 1.89 bits per heavy atom. The monoisotopic (exact) mass is 257 g/mol. The number of rotatable bonds is 9. The van der Waals surface area contributed by atoms with E-state index in [-0.39, 0.29) is 11.6 Å². The van der Waals surface area contributed by atoms with Crippen molar-refractivity contribution in [2.75, 3.05) is 6.54 Å². The zero-order chi connectivity index (χ0) is 14.0. The summed E-state index contributed by atoms with van der Waals surface area (Å²) in [7, 11) is 0. The van der Waals surface area contributed by atoms with Crippen molar-refractivity contribution in [2.24, 2.45) is 0 Å². The Kier molecular flexibility index (Phi) is 9.08. The molecule has 0 rings (SSSR count). The highest BCUT2D eigenvalue weighted by Crippen LogP contribution is 2.08. The molecule has 18 heavy (non-hydrogen) atoms. The van der Waals surface area contributed by atoms with Crippen molar-refractivity contribution in [3.63, 3.8) is 0 Å². The van der Waals surface area contributed by atoms with Gasteiger partial charge in [0.2, 0.25) is 0 Å². The van der Waals surface area contributed by atoms with Crippen molar-refractivity contribution in [3.8, 4) is 0 Å². The SMILES string of the molecule is CCCCCCC(C)NCCC(=O)OC(C)(C)C. The fourth-order valence-corrected chi connectivity index (χ4v) is 1.79. The number of unbranched alkanes of at least 4 members (excludes halogenated alkanes) is 3. The van der Waals surface area contributed by atoms with Crippen LogP contribution in [0, 0.1) is 0 Å². The lowest BCUT2D eigenvalue weighted by Gasteiger charge is -2.20. The van der Waals surface area contributed by atoms with E-state index in [0.717, 1.165) is 0 Å². The zero-order valence-electron chi connectivity index (χ0n) is 12.8. The van der Waals surface area contributed by atoms with Gasteiger partial charge in [0.1, 0.15) is 5.60 Å². The van der Waals surface area contributed by atoms with Crippen LogP contribution in [0.2, 0.25) is 0 Å². The highest BCUT2D eigenvalue weighted by Gasteiger charge is 2.15. The maximum atomic E-state index is 11.5. The average molecular weight is 257 g/mol. The van der Waals surface area contributed by atoms with Crippen molar-refractivity contribution in [3.05, 3.63) is 0 Å². The minimum Gasteiger partial charge on any atom is -0.460 e. The maximum Gasteiger partial charge on any atom is 0.307 e. The second-order valence-electron chi connectivity index (χ2n) is 6.04. The molecule has 1 unspecified atom stereocenters. The Hall–Kier alpha value is -0.570. The van der Waals surface area contributed by atoms with Crippen LogP contribution in [0.1, 0.15) is 73.1 Å². The number of hydrogen-bond acceptors (Lipinski definition) is 3. The lowest BCUT2D eigenvalue weighted by molar-refractivity contribution is -0.154. The molecule has 0 amide bonds. The van der Waals surface area contributed by atoms with Crippen LogP contribution in [-0.2, 0) is 9.53 Å². The number of carbonyl (C=O) groups is 1. The van der Waals surface area contributed by atoms with Crippen LogP contribution >= 0.6 is 0 Å². The summed E-state index contributed by atoms with van der Waals surface area (Å²) >= 11 is 0. The lowest BCUT2D eigenvalue weighted by atomic mass is 10.1. The zero-order valence-corrected chi connectivity index (χ0v) is 12.8. The van der Waals surface area contributed by atoms with E-state index in [4.69, 9.17) is 4.74 Å². The van der Waals surface area contributed by atoms with Gasteiger partial charge in [0.15, 0.2) is 0 Å². The predicted octanol–water partition coefficient (Wildman–Crippen LogP) is 3.67. The van der Waals surface area contributed by atoms with Gasteiger partial charge >= 0.3 is 5.97 Å². The standard InChI is InChI=1S/C15H31NO2/c1-6-7-8-9-10-13(2)16-12-11-14(17)18-15(3,4)5/h13,16H,6-12H2,1-5H3. The van der Waals surface area contributed by atoms with Gasteiger partial charge < -0.3 is 10.1 Å². The van der Waals surface area contributed by atoms with Crippen LogP contribution in [0.15, 0.2) is 0 Å². The molecule has 0 saturated carbocycles. The molecule has 0 saturated heterocycles. The Labute approximate surface area is 113 Å². The molecule has 3 heteroatoms. The molecule has 0 fully saturated rings. The van der Waals surface area contributed by atoms with Gasteiger partial charge in [0.05, 0.1) is 6.42 Å². The molecule has 0 aromatic carbocycles. The van der Waals surface area contributed by atoms with Crippen LogP contribution in [0.3, 0.4) is 0 Å². The Bertz CT molecular complexity index is 221. The summed E-state index contributed by atoms with van der Waals surface area (Å²) in [6.07, 6.45) is 6.83. The van der Waals surface area contributed by atoms with Gasteiger partial charge in [-0.05, 0) is 34.1 Å². The predicted molar refractivity (Wildman–Crippen MR) is 76.7 cm³/mol. The van der Waals surface area contributed by atoms with Gasteiger partial charge in [-0.3, -0.25) is 4.79 Å². The molecule has 1 N–H and O–H groups in total. The van der Waals surface area contributed by atoms with Gasteiger partial charge in [-0.1, -0.05) is 32.6 Å². The average Bonchev–Trinajstić information content (AvgIpc) is 2.22. The van der Waals surface area contributed by atoms with E-state index < -0.39 is 0 Å². The van der Waals surface area contributed by atoms with Gasteiger partial charge in [-0.15, -0.1) is 0 Å². The second-order valence-corrected chi connectivity index (χ2v) is 6.04. The smallest absolute Gasteiger partial charge is 0.307 e. The van der Waals surface area contributed by atoms with E-state index in [0.29, 0.717) is 19.0 Å². The van der Waals surface area contributed by atoms with E-state index >= 15 is 0 Å². The summed E-state index contributed by atoms with van der Waals surface area (Å²) < 4.78 is 5.25. The van der Waals surface area contributed by atoms with Crippen LogP contribution in [0.4, 0.5) is 0 Å². The largest absolute Gasteiger partial charge is 0.460 e. The summed E-state index contributed by atoms with van der Waals surface area (Å²) in [5.41, 5.74) is -0.372. The maximum absolute atomic E-state index is 11.5. The first kappa shape index (κ1) is 17.4. The first-order valence-electron chi connectivity index (χ1n) is 7.30. The molecule has 0 bridgehead atoms. The third-order valence-electron chi connectivity index (χ3n) is 2.73. The molecular formula is C15H31NO2. The molecule has 3 nitrogen and oxygen atoms in total. The topological polar surface area (TPSA) is 38.3 Å². The Balaban J connectivity index is 3.50. The molecule has 0 aliphatic rings. The quantitative estimate of drug-likeness (QED) is 0.506. The van der Waals surface area contributed by atoms with E-state index in [2.05, 4.69) is 19.2 Å². The number of nitrogens with one attached hydrogen (secondary N) is 1. The van der Waals surface area contributed by atoms with Crippen LogP contribution in [0.25, 0.3) is 0 Å². The fourth-order valence-electron chi connectivity index (χ4n) is 1.79. The molecule has 1 atom stereocenters. The third kappa shape index (κ3) is 11.9. The van der Waals surface area contributed by atoms with Crippen molar-refractivity contribution in [1.82, 2.24) is 5.32 Å². The normalized spacial score (nSPS) is 13.4. The van der Waals surface area contributed by atoms with E-state index in [1.54, 1.807) is 0 Å². The van der Waals surface area contributed by atoms with Crippen molar-refractivity contribution in [2.45, 2.75) is 84.8 Å². The molecule has 0 radical (unpaired) electrons. The van der Waals surface area contributed by atoms with E-state index in [9.17, 15) is 4.79 Å². The van der Waals surface area contributed by atoms with Gasteiger partial charge in [0, 0.05) is 12.6 Å². The number of hydrogen-bond donors (Lipinski definition) is 1. The molecule has 0 heterocycles. The molecular weight excluding hydrogens is 226 g/mol. The number of esters is 1. The summed E-state index contributed by atoms with van der Waals surface area (Å²) in [4.78, 5) is 11.5. The molecule has 0 aliphatic heterocycles. The van der Waals surface area contributed by atoms with Crippen LogP contribution in [-0.4, -0.2) is 24.2 Å². The number of ether oxygens (including phenoxy) is 1. The van der Waals surface area contributed by atoms with E-state index in [1.165, 1.54) is 32.1 Å². The molecule has 0 aromatic heterocycles. The summed E-state index contributed by atoms with van der Waals surface area (Å²) in [6, 6.07) is 0.490. The molecule has 0 aliphatic carbocycles. The fraction of sp³-hybridized carbons (Fsp3) is 0.933. The molecule has 0 spiro atoms. The van der Waals surface area contributed by atoms with Gasteiger partial charge in [-0.2, -0.15) is 0 Å². The van der Waals surface area contributed by atoms with Crippen LogP contribution in [0.5, 0.6) is 0 Å². The third-order valence-corrected chi connectivity index (χ3v) is 2.73. The van der Waals surface area contributed by atoms with Gasteiger partial charge in [0.25, 0.3) is 0 Å². The Morgan fingerprint density at radius 3 is 2.44 bits per heavy atom. The first-order valence-corrected chi connectivity index (χ1v) is 7.30. The number of carbonyl (C=O) groups excluding carboxylic acids is 1. The Morgan fingerprint density at radius 1 is 1.22 bits per heavy atom. The molecule has 0 aromatic rings.